The van der Waals surface area contributed by atoms with Gasteiger partial charge >= 0.3 is 0 Å². The van der Waals surface area contributed by atoms with Crippen LogP contribution < -0.4 is 5.32 Å². The third kappa shape index (κ3) is 3.63. The SMILES string of the molecule is O=C(Cc1ccc2c(c1)CCC2)Nc1ccccc1Cn1cccn1. The van der Waals surface area contributed by atoms with Crippen LogP contribution in [0.5, 0.6) is 0 Å². The van der Waals surface area contributed by atoms with E-state index in [1.807, 2.05) is 41.2 Å². The lowest BCUT2D eigenvalue weighted by Gasteiger charge is -2.12. The van der Waals surface area contributed by atoms with Crippen molar-refractivity contribution in [2.75, 3.05) is 5.32 Å². The van der Waals surface area contributed by atoms with Crippen molar-refractivity contribution >= 4 is 11.6 Å². The van der Waals surface area contributed by atoms with Crippen LogP contribution in [0.25, 0.3) is 0 Å². The molecule has 0 unspecified atom stereocenters. The van der Waals surface area contributed by atoms with Crippen LogP contribution in [0.2, 0.25) is 0 Å². The van der Waals surface area contributed by atoms with Crippen LogP contribution in [-0.2, 0) is 30.6 Å². The highest BCUT2D eigenvalue weighted by Gasteiger charge is 2.13. The zero-order valence-corrected chi connectivity index (χ0v) is 14.1. The number of aryl methyl sites for hydroxylation is 2. The molecule has 4 heteroatoms. The van der Waals surface area contributed by atoms with E-state index in [0.29, 0.717) is 13.0 Å². The molecule has 1 N–H and O–H groups in total. The van der Waals surface area contributed by atoms with Gasteiger partial charge in [0.05, 0.1) is 13.0 Å². The lowest BCUT2D eigenvalue weighted by molar-refractivity contribution is -0.115. The maximum atomic E-state index is 12.5. The summed E-state index contributed by atoms with van der Waals surface area (Å²) in [6.45, 7) is 0.641. The molecule has 126 valence electrons. The molecule has 4 nitrogen and oxygen atoms in total. The quantitative estimate of drug-likeness (QED) is 0.776. The van der Waals surface area contributed by atoms with Crippen LogP contribution in [0.4, 0.5) is 5.69 Å². The van der Waals surface area contributed by atoms with Gasteiger partial charge in [0.15, 0.2) is 0 Å². The van der Waals surface area contributed by atoms with E-state index in [-0.39, 0.29) is 5.91 Å². The minimum Gasteiger partial charge on any atom is -0.325 e. The molecule has 3 aromatic rings. The molecule has 0 radical (unpaired) electrons. The maximum absolute atomic E-state index is 12.5. The number of fused-ring (bicyclic) bond motifs is 1. The summed E-state index contributed by atoms with van der Waals surface area (Å²) < 4.78 is 1.85. The number of amides is 1. The molecule has 0 saturated heterocycles. The van der Waals surface area contributed by atoms with Crippen molar-refractivity contribution < 1.29 is 4.79 Å². The van der Waals surface area contributed by atoms with E-state index in [1.54, 1.807) is 6.20 Å². The number of carbonyl (C=O) groups is 1. The van der Waals surface area contributed by atoms with Gasteiger partial charge in [0.1, 0.15) is 0 Å². The molecule has 1 aliphatic carbocycles. The highest BCUT2D eigenvalue weighted by molar-refractivity contribution is 5.93. The first-order valence-electron chi connectivity index (χ1n) is 8.74. The highest BCUT2D eigenvalue weighted by Crippen LogP contribution is 2.23. The first-order valence-corrected chi connectivity index (χ1v) is 8.74. The van der Waals surface area contributed by atoms with Crippen LogP contribution in [0.15, 0.2) is 60.9 Å². The number of nitrogens with one attached hydrogen (secondary N) is 1. The number of rotatable bonds is 5. The van der Waals surface area contributed by atoms with Gasteiger partial charge in [-0.2, -0.15) is 5.10 Å². The standard InChI is InChI=1S/C21H21N3O/c25-21(14-16-9-10-17-6-3-7-18(17)13-16)23-20-8-2-1-5-19(20)15-24-12-4-11-22-24/h1-2,4-5,8-13H,3,6-7,14-15H2,(H,23,25). The molecule has 1 heterocycles. The van der Waals surface area contributed by atoms with Crippen molar-refractivity contribution in [3.05, 3.63) is 83.2 Å². The van der Waals surface area contributed by atoms with Crippen molar-refractivity contribution in [1.82, 2.24) is 9.78 Å². The fourth-order valence-corrected chi connectivity index (χ4v) is 3.46. The average molecular weight is 331 g/mol. The van der Waals surface area contributed by atoms with Gasteiger partial charge in [0, 0.05) is 18.1 Å². The second-order valence-corrected chi connectivity index (χ2v) is 6.54. The molecule has 4 rings (SSSR count). The second kappa shape index (κ2) is 6.93. The van der Waals surface area contributed by atoms with Gasteiger partial charge < -0.3 is 5.32 Å². The van der Waals surface area contributed by atoms with Crippen molar-refractivity contribution in [2.24, 2.45) is 0 Å². The fourth-order valence-electron chi connectivity index (χ4n) is 3.46. The topological polar surface area (TPSA) is 46.9 Å². The molecule has 0 atom stereocenters. The number of carbonyl (C=O) groups excluding carboxylic acids is 1. The van der Waals surface area contributed by atoms with Gasteiger partial charge in [-0.25, -0.2) is 0 Å². The van der Waals surface area contributed by atoms with Gasteiger partial charge in [-0.3, -0.25) is 9.48 Å². The summed E-state index contributed by atoms with van der Waals surface area (Å²) in [5, 5.41) is 7.30. The van der Waals surface area contributed by atoms with Crippen LogP contribution in [-0.4, -0.2) is 15.7 Å². The van der Waals surface area contributed by atoms with Crippen LogP contribution in [0.3, 0.4) is 0 Å². The normalized spacial score (nSPS) is 12.8. The molecule has 1 amide bonds. The van der Waals surface area contributed by atoms with Crippen molar-refractivity contribution in [2.45, 2.75) is 32.2 Å². The fraction of sp³-hybridized carbons (Fsp3) is 0.238. The average Bonchev–Trinajstić information content (AvgIpc) is 3.27. The number of para-hydroxylation sites is 1. The molecule has 1 aromatic heterocycles. The molecule has 2 aromatic carbocycles. The van der Waals surface area contributed by atoms with Crippen LogP contribution in [0, 0.1) is 0 Å². The zero-order chi connectivity index (χ0) is 17.1. The Hall–Kier alpha value is -2.88. The van der Waals surface area contributed by atoms with E-state index in [2.05, 4.69) is 28.6 Å². The first-order chi connectivity index (χ1) is 12.3. The highest BCUT2D eigenvalue weighted by atomic mass is 16.1. The number of aromatic nitrogens is 2. The number of hydrogen-bond acceptors (Lipinski definition) is 2. The third-order valence-corrected chi connectivity index (χ3v) is 4.71. The number of nitrogens with zero attached hydrogens (tertiary/aromatic N) is 2. The van der Waals surface area contributed by atoms with Crippen molar-refractivity contribution in [3.8, 4) is 0 Å². The predicted molar refractivity (Wildman–Crippen MR) is 98.6 cm³/mol. The third-order valence-electron chi connectivity index (χ3n) is 4.71. The van der Waals surface area contributed by atoms with E-state index in [1.165, 1.54) is 24.0 Å². The van der Waals surface area contributed by atoms with E-state index in [4.69, 9.17) is 0 Å². The molecule has 25 heavy (non-hydrogen) atoms. The summed E-state index contributed by atoms with van der Waals surface area (Å²) in [5.41, 5.74) is 5.83. The van der Waals surface area contributed by atoms with Gasteiger partial charge in [-0.1, -0.05) is 36.4 Å². The predicted octanol–water partition coefficient (Wildman–Crippen LogP) is 3.60. The lowest BCUT2D eigenvalue weighted by atomic mass is 10.0. The summed E-state index contributed by atoms with van der Waals surface area (Å²) in [6.07, 6.45) is 7.62. The first kappa shape index (κ1) is 15.6. The minimum absolute atomic E-state index is 0.0193. The maximum Gasteiger partial charge on any atom is 0.228 e. The van der Waals surface area contributed by atoms with Gasteiger partial charge in [-0.15, -0.1) is 0 Å². The Morgan fingerprint density at radius 2 is 1.96 bits per heavy atom. The summed E-state index contributed by atoms with van der Waals surface area (Å²) in [7, 11) is 0. The Labute approximate surface area is 147 Å². The zero-order valence-electron chi connectivity index (χ0n) is 14.1. The molecule has 1 aliphatic rings. The smallest absolute Gasteiger partial charge is 0.228 e. The Morgan fingerprint density at radius 3 is 2.84 bits per heavy atom. The summed E-state index contributed by atoms with van der Waals surface area (Å²) in [6, 6.07) is 16.2. The molecule has 0 bridgehead atoms. The van der Waals surface area contributed by atoms with E-state index in [9.17, 15) is 4.79 Å². The number of hydrogen-bond donors (Lipinski definition) is 1. The molecule has 0 aliphatic heterocycles. The summed E-state index contributed by atoms with van der Waals surface area (Å²) in [5.74, 6) is 0.0193. The Balaban J connectivity index is 1.46. The molecular formula is C21H21N3O. The van der Waals surface area contributed by atoms with Crippen LogP contribution in [0.1, 0.15) is 28.7 Å². The number of benzene rings is 2. The van der Waals surface area contributed by atoms with E-state index in [0.717, 1.165) is 23.2 Å². The van der Waals surface area contributed by atoms with Crippen molar-refractivity contribution in [1.29, 1.82) is 0 Å². The van der Waals surface area contributed by atoms with Crippen molar-refractivity contribution in [3.63, 3.8) is 0 Å². The molecule has 0 fully saturated rings. The largest absolute Gasteiger partial charge is 0.325 e. The van der Waals surface area contributed by atoms with Gasteiger partial charge in [0.2, 0.25) is 5.91 Å². The number of anilines is 1. The van der Waals surface area contributed by atoms with Gasteiger partial charge in [0.25, 0.3) is 0 Å². The molecule has 0 saturated carbocycles. The lowest BCUT2D eigenvalue weighted by Crippen LogP contribution is -2.16. The van der Waals surface area contributed by atoms with Crippen LogP contribution >= 0.6 is 0 Å². The second-order valence-electron chi connectivity index (χ2n) is 6.54. The summed E-state index contributed by atoms with van der Waals surface area (Å²) in [4.78, 5) is 12.5. The molecular weight excluding hydrogens is 310 g/mol. The Morgan fingerprint density at radius 1 is 1.08 bits per heavy atom. The Kier molecular flexibility index (Phi) is 4.34. The monoisotopic (exact) mass is 331 g/mol. The van der Waals surface area contributed by atoms with E-state index < -0.39 is 0 Å². The Bertz CT molecular complexity index is 884. The van der Waals surface area contributed by atoms with Gasteiger partial charge in [-0.05, 0) is 53.6 Å². The minimum atomic E-state index is 0.0193. The summed E-state index contributed by atoms with van der Waals surface area (Å²) >= 11 is 0. The van der Waals surface area contributed by atoms with E-state index >= 15 is 0 Å². The molecule has 0 spiro atoms.